The highest BCUT2D eigenvalue weighted by molar-refractivity contribution is 7.89. The van der Waals surface area contributed by atoms with Crippen LogP contribution in [0.1, 0.15) is 42.4 Å². The highest BCUT2D eigenvalue weighted by Crippen LogP contribution is 2.31. The molecule has 5 nitrogen and oxygen atoms in total. The molecule has 1 fully saturated rings. The lowest BCUT2D eigenvalue weighted by Crippen LogP contribution is -2.40. The van der Waals surface area contributed by atoms with Crippen LogP contribution in [0.2, 0.25) is 0 Å². The molecule has 3 aromatic rings. The van der Waals surface area contributed by atoms with Crippen LogP contribution in [0, 0.1) is 24.5 Å². The minimum absolute atomic E-state index is 0.0612. The fourth-order valence-corrected chi connectivity index (χ4v) is 6.51. The Morgan fingerprint density at radius 1 is 0.865 bits per heavy atom. The van der Waals surface area contributed by atoms with Crippen LogP contribution in [-0.2, 0) is 27.9 Å². The van der Waals surface area contributed by atoms with Gasteiger partial charge in [0.25, 0.3) is 0 Å². The van der Waals surface area contributed by atoms with Crippen molar-refractivity contribution in [3.05, 3.63) is 101 Å². The van der Waals surface area contributed by atoms with Crippen molar-refractivity contribution in [2.75, 3.05) is 6.54 Å². The largest absolute Gasteiger partial charge is 0.338 e. The summed E-state index contributed by atoms with van der Waals surface area (Å²) in [7, 11) is -4.20. The van der Waals surface area contributed by atoms with E-state index >= 15 is 0 Å². The third kappa shape index (κ3) is 6.81. The number of hydrogen-bond donors (Lipinski definition) is 0. The first kappa shape index (κ1) is 26.9. The number of carbonyl (C=O) groups excluding carboxylic acids is 1. The van der Waals surface area contributed by atoms with Gasteiger partial charge >= 0.3 is 0 Å². The Bertz CT molecular complexity index is 1290. The van der Waals surface area contributed by atoms with E-state index < -0.39 is 26.6 Å². The minimum Gasteiger partial charge on any atom is -0.338 e. The lowest BCUT2D eigenvalue weighted by molar-refractivity contribution is -0.121. The Balaban J connectivity index is 1.46. The lowest BCUT2D eigenvalue weighted by atomic mass is 9.85. The summed E-state index contributed by atoms with van der Waals surface area (Å²) in [6.07, 6.45) is 3.92. The number of rotatable bonds is 10. The number of amides is 1. The van der Waals surface area contributed by atoms with Crippen LogP contribution in [-0.4, -0.2) is 36.6 Å². The van der Waals surface area contributed by atoms with Gasteiger partial charge in [-0.15, -0.1) is 0 Å². The van der Waals surface area contributed by atoms with E-state index in [0.29, 0.717) is 12.6 Å². The Kier molecular flexibility index (Phi) is 8.71. The Hall–Kier alpha value is -3.10. The maximum atomic E-state index is 14.5. The molecule has 1 saturated carbocycles. The van der Waals surface area contributed by atoms with Gasteiger partial charge in [-0.1, -0.05) is 60.2 Å². The Morgan fingerprint density at radius 3 is 2.14 bits per heavy atom. The van der Waals surface area contributed by atoms with Crippen molar-refractivity contribution < 1.29 is 22.0 Å². The topological polar surface area (TPSA) is 57.7 Å². The molecular formula is C29H32F2N2O3S. The number of aryl methyl sites for hydroxylation is 1. The second-order valence-electron chi connectivity index (χ2n) is 9.80. The van der Waals surface area contributed by atoms with Gasteiger partial charge in [0.1, 0.15) is 16.5 Å². The van der Waals surface area contributed by atoms with Gasteiger partial charge in [-0.05, 0) is 61.8 Å². The van der Waals surface area contributed by atoms with Crippen LogP contribution < -0.4 is 0 Å². The molecule has 1 aliphatic rings. The summed E-state index contributed by atoms with van der Waals surface area (Å²) in [5.74, 6) is -1.86. The first-order valence-electron chi connectivity index (χ1n) is 12.5. The van der Waals surface area contributed by atoms with Gasteiger partial charge in [0.05, 0.1) is 0 Å². The van der Waals surface area contributed by atoms with Crippen molar-refractivity contribution >= 4 is 16.4 Å². The highest BCUT2D eigenvalue weighted by atomic mass is 32.2. The average molecular weight is 527 g/mol. The van der Waals surface area contributed by atoms with Crippen molar-refractivity contribution in [2.45, 2.75) is 56.6 Å². The second kappa shape index (κ2) is 12.0. The molecule has 1 amide bonds. The molecule has 0 aliphatic heterocycles. The molecule has 3 aromatic carbocycles. The summed E-state index contributed by atoms with van der Waals surface area (Å²) in [5, 5.41) is 0. The predicted molar refractivity (Wildman–Crippen MR) is 139 cm³/mol. The van der Waals surface area contributed by atoms with Crippen molar-refractivity contribution in [1.82, 2.24) is 9.21 Å². The standard InChI is InChI=1S/C29H32F2N2O3S/c1-22-7-9-24(10-8-22)18-32(21-34)27-14-11-25(12-15-27)20-33(19-23-5-3-2-4-6-23)37(35,36)29-16-13-26(30)17-28(29)31/h2-10,13,16-17,21,25,27H,11-12,14-15,18-20H2,1H3. The summed E-state index contributed by atoms with van der Waals surface area (Å²) in [6.45, 7) is 2.87. The first-order valence-corrected chi connectivity index (χ1v) is 14.0. The number of hydrogen-bond acceptors (Lipinski definition) is 3. The monoisotopic (exact) mass is 526 g/mol. The smallest absolute Gasteiger partial charge is 0.246 e. The van der Waals surface area contributed by atoms with E-state index in [1.54, 1.807) is 0 Å². The normalized spacial score (nSPS) is 18.1. The average Bonchev–Trinajstić information content (AvgIpc) is 2.89. The molecule has 0 bridgehead atoms. The van der Waals surface area contributed by atoms with E-state index in [-0.39, 0.29) is 25.0 Å². The number of sulfonamides is 1. The first-order chi connectivity index (χ1) is 17.8. The van der Waals surface area contributed by atoms with E-state index in [1.807, 2.05) is 66.4 Å². The van der Waals surface area contributed by atoms with Gasteiger partial charge in [0, 0.05) is 31.7 Å². The molecule has 0 heterocycles. The third-order valence-electron chi connectivity index (χ3n) is 7.08. The van der Waals surface area contributed by atoms with Crippen LogP contribution >= 0.6 is 0 Å². The summed E-state index contributed by atoms with van der Waals surface area (Å²) in [4.78, 5) is 13.2. The summed E-state index contributed by atoms with van der Waals surface area (Å²) in [6, 6.07) is 19.9. The molecule has 0 radical (unpaired) electrons. The van der Waals surface area contributed by atoms with Gasteiger partial charge in [-0.2, -0.15) is 4.31 Å². The molecule has 0 aromatic heterocycles. The van der Waals surface area contributed by atoms with E-state index in [1.165, 1.54) is 4.31 Å². The quantitative estimate of drug-likeness (QED) is 0.319. The minimum atomic E-state index is -4.20. The van der Waals surface area contributed by atoms with Crippen LogP contribution in [0.15, 0.2) is 77.7 Å². The van der Waals surface area contributed by atoms with E-state index in [0.717, 1.165) is 60.9 Å². The number of nitrogens with zero attached hydrogens (tertiary/aromatic N) is 2. The molecule has 0 atom stereocenters. The van der Waals surface area contributed by atoms with Gasteiger partial charge in [-0.25, -0.2) is 17.2 Å². The van der Waals surface area contributed by atoms with Crippen molar-refractivity contribution in [3.8, 4) is 0 Å². The molecule has 37 heavy (non-hydrogen) atoms. The molecule has 0 spiro atoms. The molecule has 0 unspecified atom stereocenters. The molecule has 4 rings (SSSR count). The molecule has 0 saturated heterocycles. The number of halogens is 2. The highest BCUT2D eigenvalue weighted by Gasteiger charge is 2.32. The maximum Gasteiger partial charge on any atom is 0.246 e. The van der Waals surface area contributed by atoms with Gasteiger partial charge in [0.2, 0.25) is 16.4 Å². The second-order valence-corrected chi connectivity index (χ2v) is 11.7. The lowest BCUT2D eigenvalue weighted by Gasteiger charge is -2.36. The third-order valence-corrected chi connectivity index (χ3v) is 8.93. The fourth-order valence-electron chi connectivity index (χ4n) is 4.96. The summed E-state index contributed by atoms with van der Waals surface area (Å²) < 4.78 is 56.3. The zero-order valence-electron chi connectivity index (χ0n) is 20.9. The zero-order chi connectivity index (χ0) is 26.4. The van der Waals surface area contributed by atoms with Crippen LogP contribution in [0.5, 0.6) is 0 Å². The van der Waals surface area contributed by atoms with E-state index in [4.69, 9.17) is 0 Å². The molecule has 1 aliphatic carbocycles. The van der Waals surface area contributed by atoms with Gasteiger partial charge in [0.15, 0.2) is 0 Å². The van der Waals surface area contributed by atoms with E-state index in [9.17, 15) is 22.0 Å². The molecule has 196 valence electrons. The molecule has 0 N–H and O–H groups in total. The maximum absolute atomic E-state index is 14.5. The summed E-state index contributed by atoms with van der Waals surface area (Å²) >= 11 is 0. The summed E-state index contributed by atoms with van der Waals surface area (Å²) in [5.41, 5.74) is 3.02. The Morgan fingerprint density at radius 2 is 1.51 bits per heavy atom. The van der Waals surface area contributed by atoms with Crippen molar-refractivity contribution in [3.63, 3.8) is 0 Å². The zero-order valence-corrected chi connectivity index (χ0v) is 21.7. The number of benzene rings is 3. The van der Waals surface area contributed by atoms with Crippen LogP contribution in [0.4, 0.5) is 8.78 Å². The van der Waals surface area contributed by atoms with Crippen LogP contribution in [0.3, 0.4) is 0 Å². The SMILES string of the molecule is Cc1ccc(CN(C=O)C2CCC(CN(Cc3ccccc3)S(=O)(=O)c3ccc(F)cc3F)CC2)cc1. The van der Waals surface area contributed by atoms with Crippen molar-refractivity contribution in [2.24, 2.45) is 5.92 Å². The number of carbonyl (C=O) groups is 1. The van der Waals surface area contributed by atoms with Crippen LogP contribution in [0.25, 0.3) is 0 Å². The Labute approximate surface area is 217 Å². The molecule has 8 heteroatoms. The van der Waals surface area contributed by atoms with Gasteiger partial charge in [-0.3, -0.25) is 4.79 Å². The van der Waals surface area contributed by atoms with E-state index in [2.05, 4.69) is 0 Å². The van der Waals surface area contributed by atoms with Crippen molar-refractivity contribution in [1.29, 1.82) is 0 Å². The van der Waals surface area contributed by atoms with Gasteiger partial charge < -0.3 is 4.90 Å². The fraction of sp³-hybridized carbons (Fsp3) is 0.345. The predicted octanol–water partition coefficient (Wildman–Crippen LogP) is 5.68. The molecular weight excluding hydrogens is 494 g/mol.